The van der Waals surface area contributed by atoms with Crippen LogP contribution in [0.2, 0.25) is 0 Å². The van der Waals surface area contributed by atoms with Crippen LogP contribution in [0.5, 0.6) is 17.4 Å². The van der Waals surface area contributed by atoms with E-state index in [0.29, 0.717) is 34.6 Å². The van der Waals surface area contributed by atoms with Crippen LogP contribution < -0.4 is 14.8 Å². The number of hydrogen-bond donors (Lipinski definition) is 1. The third-order valence-electron chi connectivity index (χ3n) is 3.48. The fraction of sp³-hybridized carbons (Fsp3) is 0.158. The van der Waals surface area contributed by atoms with Gasteiger partial charge in [0, 0.05) is 11.8 Å². The topological polar surface area (TPSA) is 86.2 Å². The van der Waals surface area contributed by atoms with E-state index < -0.39 is 0 Å². The molecule has 26 heavy (non-hydrogen) atoms. The standard InChI is InChI=1S/C19H18N4O3/c1-12-10-15(22-13(2)21-12)19(24)23-14-8-9-18(20-11-14)26-17-7-5-4-6-16(17)25-3/h4-11H,1-3H3,(H,23,24). The molecule has 3 aromatic rings. The minimum atomic E-state index is -0.321. The number of aromatic nitrogens is 3. The molecule has 0 spiro atoms. The Balaban J connectivity index is 1.70. The number of ether oxygens (including phenoxy) is 2. The lowest BCUT2D eigenvalue weighted by Gasteiger charge is -2.10. The van der Waals surface area contributed by atoms with Crippen molar-refractivity contribution in [3.05, 3.63) is 65.9 Å². The number of amides is 1. The van der Waals surface area contributed by atoms with Gasteiger partial charge in [-0.15, -0.1) is 0 Å². The largest absolute Gasteiger partial charge is 0.493 e. The first-order chi connectivity index (χ1) is 12.5. The van der Waals surface area contributed by atoms with Gasteiger partial charge in [-0.1, -0.05) is 12.1 Å². The molecule has 0 aliphatic heterocycles. The quantitative estimate of drug-likeness (QED) is 0.757. The van der Waals surface area contributed by atoms with Gasteiger partial charge in [0.1, 0.15) is 11.5 Å². The highest BCUT2D eigenvalue weighted by atomic mass is 16.5. The van der Waals surface area contributed by atoms with Crippen molar-refractivity contribution >= 4 is 11.6 Å². The highest BCUT2D eigenvalue weighted by Crippen LogP contribution is 2.30. The van der Waals surface area contributed by atoms with Crippen LogP contribution in [0.25, 0.3) is 0 Å². The van der Waals surface area contributed by atoms with Crippen molar-refractivity contribution in [2.75, 3.05) is 12.4 Å². The third-order valence-corrected chi connectivity index (χ3v) is 3.48. The fourth-order valence-electron chi connectivity index (χ4n) is 2.36. The Hall–Kier alpha value is -3.48. The second-order valence-electron chi connectivity index (χ2n) is 5.53. The number of hydrogen-bond acceptors (Lipinski definition) is 6. The average Bonchev–Trinajstić information content (AvgIpc) is 2.63. The molecule has 0 atom stereocenters. The van der Waals surface area contributed by atoms with Crippen molar-refractivity contribution in [1.29, 1.82) is 0 Å². The zero-order valence-corrected chi connectivity index (χ0v) is 14.7. The molecule has 3 rings (SSSR count). The summed E-state index contributed by atoms with van der Waals surface area (Å²) in [5, 5.41) is 2.75. The summed E-state index contributed by atoms with van der Waals surface area (Å²) in [7, 11) is 1.57. The van der Waals surface area contributed by atoms with E-state index in [9.17, 15) is 4.79 Å². The highest BCUT2D eigenvalue weighted by molar-refractivity contribution is 6.02. The predicted octanol–water partition coefficient (Wildman–Crippen LogP) is 3.54. The van der Waals surface area contributed by atoms with Crippen LogP contribution in [0, 0.1) is 13.8 Å². The van der Waals surface area contributed by atoms with Crippen molar-refractivity contribution in [2.24, 2.45) is 0 Å². The maximum atomic E-state index is 12.3. The minimum absolute atomic E-state index is 0.310. The molecule has 7 heteroatoms. The number of carbonyl (C=O) groups excluding carboxylic acids is 1. The Morgan fingerprint density at radius 2 is 1.81 bits per heavy atom. The number of benzene rings is 1. The second-order valence-corrected chi connectivity index (χ2v) is 5.53. The number of nitrogens with zero attached hydrogens (tertiary/aromatic N) is 3. The van der Waals surface area contributed by atoms with Crippen molar-refractivity contribution in [3.63, 3.8) is 0 Å². The highest BCUT2D eigenvalue weighted by Gasteiger charge is 2.11. The number of pyridine rings is 1. The van der Waals surface area contributed by atoms with E-state index in [4.69, 9.17) is 9.47 Å². The lowest BCUT2D eigenvalue weighted by Crippen LogP contribution is -2.15. The van der Waals surface area contributed by atoms with Crippen LogP contribution in [0.3, 0.4) is 0 Å². The number of rotatable bonds is 5. The van der Waals surface area contributed by atoms with Gasteiger partial charge in [-0.25, -0.2) is 15.0 Å². The average molecular weight is 350 g/mol. The zero-order chi connectivity index (χ0) is 18.5. The number of aryl methyl sites for hydroxylation is 2. The summed E-state index contributed by atoms with van der Waals surface area (Å²) < 4.78 is 10.9. The summed E-state index contributed by atoms with van der Waals surface area (Å²) in [6.07, 6.45) is 1.52. The molecule has 2 heterocycles. The number of anilines is 1. The summed E-state index contributed by atoms with van der Waals surface area (Å²) >= 11 is 0. The Bertz CT molecular complexity index is 906. The van der Waals surface area contributed by atoms with Gasteiger partial charge < -0.3 is 14.8 Å². The van der Waals surface area contributed by atoms with Crippen LogP contribution in [0.1, 0.15) is 22.0 Å². The number of nitrogens with one attached hydrogen (secondary N) is 1. The monoisotopic (exact) mass is 350 g/mol. The van der Waals surface area contributed by atoms with Crippen LogP contribution in [-0.4, -0.2) is 28.0 Å². The molecule has 7 nitrogen and oxygen atoms in total. The van der Waals surface area contributed by atoms with Crippen LogP contribution >= 0.6 is 0 Å². The molecule has 1 N–H and O–H groups in total. The molecular weight excluding hydrogens is 332 g/mol. The summed E-state index contributed by atoms with van der Waals surface area (Å²) in [6.45, 7) is 3.56. The second kappa shape index (κ2) is 7.60. The van der Waals surface area contributed by atoms with Gasteiger partial charge in [0.15, 0.2) is 11.5 Å². The molecule has 0 aliphatic carbocycles. The van der Waals surface area contributed by atoms with Crippen LogP contribution in [0.4, 0.5) is 5.69 Å². The van der Waals surface area contributed by atoms with E-state index in [2.05, 4.69) is 20.3 Å². The SMILES string of the molecule is COc1ccccc1Oc1ccc(NC(=O)c2cc(C)nc(C)n2)cn1. The van der Waals surface area contributed by atoms with Crippen LogP contribution in [0.15, 0.2) is 48.7 Å². The molecule has 0 aliphatic rings. The van der Waals surface area contributed by atoms with E-state index >= 15 is 0 Å². The fourth-order valence-corrected chi connectivity index (χ4v) is 2.36. The van der Waals surface area contributed by atoms with Gasteiger partial charge in [-0.05, 0) is 38.1 Å². The molecule has 0 saturated heterocycles. The molecule has 2 aromatic heterocycles. The van der Waals surface area contributed by atoms with Crippen molar-refractivity contribution in [2.45, 2.75) is 13.8 Å². The zero-order valence-electron chi connectivity index (χ0n) is 14.7. The molecule has 0 bridgehead atoms. The molecule has 0 saturated carbocycles. The molecule has 0 fully saturated rings. The van der Waals surface area contributed by atoms with Crippen molar-refractivity contribution in [3.8, 4) is 17.4 Å². The van der Waals surface area contributed by atoms with E-state index in [1.165, 1.54) is 6.20 Å². The summed E-state index contributed by atoms with van der Waals surface area (Å²) in [5.74, 6) is 1.79. The van der Waals surface area contributed by atoms with Gasteiger partial charge in [0.05, 0.1) is 19.0 Å². The first-order valence-electron chi connectivity index (χ1n) is 7.96. The smallest absolute Gasteiger partial charge is 0.274 e. The van der Waals surface area contributed by atoms with Crippen LogP contribution in [-0.2, 0) is 0 Å². The number of carbonyl (C=O) groups is 1. The van der Waals surface area contributed by atoms with Gasteiger partial charge in [0.2, 0.25) is 5.88 Å². The normalized spacial score (nSPS) is 10.3. The van der Waals surface area contributed by atoms with E-state index in [1.54, 1.807) is 44.4 Å². The summed E-state index contributed by atoms with van der Waals surface area (Å²) in [6, 6.07) is 12.3. The van der Waals surface area contributed by atoms with Crippen molar-refractivity contribution in [1.82, 2.24) is 15.0 Å². The first-order valence-corrected chi connectivity index (χ1v) is 7.96. The molecule has 1 amide bonds. The number of para-hydroxylation sites is 2. The molecular formula is C19H18N4O3. The van der Waals surface area contributed by atoms with E-state index in [-0.39, 0.29) is 5.91 Å². The maximum Gasteiger partial charge on any atom is 0.274 e. The van der Waals surface area contributed by atoms with Gasteiger partial charge in [-0.3, -0.25) is 4.79 Å². The van der Waals surface area contributed by atoms with Gasteiger partial charge >= 0.3 is 0 Å². The molecule has 0 radical (unpaired) electrons. The van der Waals surface area contributed by atoms with Gasteiger partial charge in [0.25, 0.3) is 5.91 Å². The maximum absolute atomic E-state index is 12.3. The third kappa shape index (κ3) is 4.13. The Morgan fingerprint density at radius 1 is 1.04 bits per heavy atom. The first kappa shape index (κ1) is 17.3. The number of methoxy groups -OCH3 is 1. The lowest BCUT2D eigenvalue weighted by atomic mass is 10.3. The van der Waals surface area contributed by atoms with E-state index in [1.807, 2.05) is 19.1 Å². The Morgan fingerprint density at radius 3 is 2.46 bits per heavy atom. The summed E-state index contributed by atoms with van der Waals surface area (Å²) in [5.41, 5.74) is 1.59. The molecule has 1 aromatic carbocycles. The molecule has 132 valence electrons. The van der Waals surface area contributed by atoms with Crippen molar-refractivity contribution < 1.29 is 14.3 Å². The lowest BCUT2D eigenvalue weighted by molar-refractivity contribution is 0.102. The summed E-state index contributed by atoms with van der Waals surface area (Å²) in [4.78, 5) is 24.8. The molecule has 0 unspecified atom stereocenters. The predicted molar refractivity (Wildman–Crippen MR) is 96.8 cm³/mol. The van der Waals surface area contributed by atoms with E-state index in [0.717, 1.165) is 5.69 Å². The minimum Gasteiger partial charge on any atom is -0.493 e. The van der Waals surface area contributed by atoms with Gasteiger partial charge in [-0.2, -0.15) is 0 Å². The Kier molecular flexibility index (Phi) is 5.07. The Labute approximate surface area is 151 Å².